The van der Waals surface area contributed by atoms with Crippen LogP contribution in [0.15, 0.2) is 18.2 Å². The Morgan fingerprint density at radius 3 is 2.72 bits per heavy atom. The van der Waals surface area contributed by atoms with E-state index in [2.05, 4.69) is 10.6 Å². The van der Waals surface area contributed by atoms with Crippen LogP contribution in [0.2, 0.25) is 0 Å². The molecule has 0 aromatic heterocycles. The number of primary amides is 1. The minimum absolute atomic E-state index is 0.368. The Kier molecular flexibility index (Phi) is 1.98. The number of carbonyl (C=O) groups excluding carboxylic acids is 3. The first kappa shape index (κ1) is 10.8. The molecule has 6 nitrogen and oxygen atoms in total. The highest BCUT2D eigenvalue weighted by atomic mass is 16.2. The molecule has 4 N–H and O–H groups in total. The Hall–Kier alpha value is -2.37. The smallest absolute Gasteiger partial charge is 0.322 e. The third kappa shape index (κ3) is 1.20. The first-order valence-electron chi connectivity index (χ1n) is 5.60. The van der Waals surface area contributed by atoms with Gasteiger partial charge < -0.3 is 11.1 Å². The van der Waals surface area contributed by atoms with Crippen LogP contribution < -0.4 is 16.4 Å². The quantitative estimate of drug-likeness (QED) is 0.595. The third-order valence-corrected chi connectivity index (χ3v) is 3.59. The molecule has 6 heteroatoms. The van der Waals surface area contributed by atoms with Gasteiger partial charge in [-0.2, -0.15) is 0 Å². The molecule has 2 aliphatic rings. The van der Waals surface area contributed by atoms with Crippen LogP contribution >= 0.6 is 0 Å². The summed E-state index contributed by atoms with van der Waals surface area (Å²) < 4.78 is 0. The van der Waals surface area contributed by atoms with E-state index in [1.165, 1.54) is 0 Å². The monoisotopic (exact) mass is 245 g/mol. The standard InChI is InChI=1S/C12H11N3O3/c13-9(16)7-2-1-3-8-6(7)4-5-12(8)10(17)14-11(18)15-12/h1-3H,4-5H2,(H2,13,16)(H2,14,15,17,18). The summed E-state index contributed by atoms with van der Waals surface area (Å²) in [7, 11) is 0. The Morgan fingerprint density at radius 2 is 2.11 bits per heavy atom. The van der Waals surface area contributed by atoms with E-state index in [-0.39, 0.29) is 5.91 Å². The molecule has 1 heterocycles. The molecule has 3 rings (SSSR count). The number of imide groups is 1. The van der Waals surface area contributed by atoms with Crippen molar-refractivity contribution in [2.45, 2.75) is 18.4 Å². The number of nitrogens with one attached hydrogen (secondary N) is 2. The Morgan fingerprint density at radius 1 is 1.33 bits per heavy atom. The Bertz CT molecular complexity index is 596. The van der Waals surface area contributed by atoms with Gasteiger partial charge >= 0.3 is 6.03 Å². The fourth-order valence-corrected chi connectivity index (χ4v) is 2.79. The van der Waals surface area contributed by atoms with E-state index in [0.29, 0.717) is 24.0 Å². The molecule has 4 amide bonds. The number of benzene rings is 1. The molecule has 1 saturated heterocycles. The molecule has 1 aromatic rings. The van der Waals surface area contributed by atoms with Crippen molar-refractivity contribution in [3.63, 3.8) is 0 Å². The van der Waals surface area contributed by atoms with Crippen molar-refractivity contribution in [2.75, 3.05) is 0 Å². The Labute approximate surface area is 103 Å². The van der Waals surface area contributed by atoms with Crippen molar-refractivity contribution in [2.24, 2.45) is 5.73 Å². The lowest BCUT2D eigenvalue weighted by Crippen LogP contribution is -2.41. The number of urea groups is 1. The van der Waals surface area contributed by atoms with E-state index >= 15 is 0 Å². The number of hydrogen-bond acceptors (Lipinski definition) is 3. The molecule has 1 spiro atoms. The molecule has 18 heavy (non-hydrogen) atoms. The molecule has 1 fully saturated rings. The normalized spacial score (nSPS) is 24.9. The number of rotatable bonds is 1. The average molecular weight is 245 g/mol. The van der Waals surface area contributed by atoms with Gasteiger partial charge in [-0.1, -0.05) is 12.1 Å². The minimum atomic E-state index is -1.03. The zero-order valence-electron chi connectivity index (χ0n) is 9.45. The fourth-order valence-electron chi connectivity index (χ4n) is 2.79. The summed E-state index contributed by atoms with van der Waals surface area (Å²) in [5.74, 6) is -0.887. The summed E-state index contributed by atoms with van der Waals surface area (Å²) in [5.41, 5.74) is 6.12. The largest absolute Gasteiger partial charge is 0.366 e. The van der Waals surface area contributed by atoms with Crippen molar-refractivity contribution < 1.29 is 14.4 Å². The van der Waals surface area contributed by atoms with Gasteiger partial charge in [0, 0.05) is 5.56 Å². The first-order chi connectivity index (χ1) is 8.54. The van der Waals surface area contributed by atoms with Crippen molar-refractivity contribution in [3.05, 3.63) is 34.9 Å². The number of hydrogen-bond donors (Lipinski definition) is 3. The van der Waals surface area contributed by atoms with Gasteiger partial charge in [-0.15, -0.1) is 0 Å². The van der Waals surface area contributed by atoms with E-state index in [1.54, 1.807) is 18.2 Å². The molecule has 1 aliphatic carbocycles. The second kappa shape index (κ2) is 3.32. The summed E-state index contributed by atoms with van der Waals surface area (Å²) in [5, 5.41) is 4.88. The molecule has 1 unspecified atom stereocenters. The molecule has 1 aliphatic heterocycles. The maximum absolute atomic E-state index is 11.9. The lowest BCUT2D eigenvalue weighted by molar-refractivity contribution is -0.124. The molecule has 0 radical (unpaired) electrons. The van der Waals surface area contributed by atoms with Crippen LogP contribution in [0.1, 0.15) is 27.9 Å². The van der Waals surface area contributed by atoms with Crippen LogP contribution in [-0.4, -0.2) is 17.8 Å². The third-order valence-electron chi connectivity index (χ3n) is 3.59. The lowest BCUT2D eigenvalue weighted by Gasteiger charge is -2.21. The molecule has 0 bridgehead atoms. The van der Waals surface area contributed by atoms with Crippen LogP contribution in [0.5, 0.6) is 0 Å². The van der Waals surface area contributed by atoms with Gasteiger partial charge in [0.1, 0.15) is 5.54 Å². The summed E-state index contributed by atoms with van der Waals surface area (Å²) >= 11 is 0. The first-order valence-corrected chi connectivity index (χ1v) is 5.60. The van der Waals surface area contributed by atoms with Gasteiger partial charge in [0.25, 0.3) is 5.91 Å². The van der Waals surface area contributed by atoms with Gasteiger partial charge in [-0.05, 0) is 30.0 Å². The average Bonchev–Trinajstić information content (AvgIpc) is 2.82. The summed E-state index contributed by atoms with van der Waals surface area (Å²) in [6.07, 6.45) is 0.992. The van der Waals surface area contributed by atoms with Crippen molar-refractivity contribution in [3.8, 4) is 0 Å². The maximum Gasteiger partial charge on any atom is 0.322 e. The SMILES string of the molecule is NC(=O)c1cccc2c1CCC21NC(=O)NC1=O. The predicted molar refractivity (Wildman–Crippen MR) is 61.6 cm³/mol. The molecule has 1 aromatic carbocycles. The minimum Gasteiger partial charge on any atom is -0.366 e. The van der Waals surface area contributed by atoms with Crippen LogP contribution in [-0.2, 0) is 16.8 Å². The second-order valence-electron chi connectivity index (χ2n) is 4.51. The topological polar surface area (TPSA) is 101 Å². The Balaban J connectivity index is 2.19. The summed E-state index contributed by atoms with van der Waals surface area (Å²) in [6.45, 7) is 0. The van der Waals surface area contributed by atoms with Crippen LogP contribution in [0.4, 0.5) is 4.79 Å². The molecule has 1 atom stereocenters. The molecule has 92 valence electrons. The fraction of sp³-hybridized carbons (Fsp3) is 0.250. The highest BCUT2D eigenvalue weighted by Crippen LogP contribution is 2.40. The van der Waals surface area contributed by atoms with Gasteiger partial charge in [-0.25, -0.2) is 4.79 Å². The molecular weight excluding hydrogens is 234 g/mol. The van der Waals surface area contributed by atoms with Gasteiger partial charge in [0.2, 0.25) is 5.91 Å². The van der Waals surface area contributed by atoms with Gasteiger partial charge in [0.05, 0.1) is 0 Å². The number of fused-ring (bicyclic) bond motifs is 2. The number of carbonyl (C=O) groups is 3. The van der Waals surface area contributed by atoms with Crippen molar-refractivity contribution >= 4 is 17.8 Å². The number of amides is 4. The zero-order valence-corrected chi connectivity index (χ0v) is 9.45. The van der Waals surface area contributed by atoms with E-state index in [0.717, 1.165) is 5.56 Å². The van der Waals surface area contributed by atoms with Gasteiger partial charge in [0.15, 0.2) is 0 Å². The highest BCUT2D eigenvalue weighted by molar-refractivity contribution is 6.08. The van der Waals surface area contributed by atoms with Crippen LogP contribution in [0.25, 0.3) is 0 Å². The predicted octanol–water partition coefficient (Wildman–Crippen LogP) is -0.234. The van der Waals surface area contributed by atoms with Gasteiger partial charge in [-0.3, -0.25) is 14.9 Å². The van der Waals surface area contributed by atoms with E-state index in [1.807, 2.05) is 0 Å². The highest BCUT2D eigenvalue weighted by Gasteiger charge is 2.51. The van der Waals surface area contributed by atoms with Crippen LogP contribution in [0, 0.1) is 0 Å². The van der Waals surface area contributed by atoms with Crippen molar-refractivity contribution in [1.29, 1.82) is 0 Å². The maximum atomic E-state index is 11.9. The van der Waals surface area contributed by atoms with Crippen molar-refractivity contribution in [1.82, 2.24) is 10.6 Å². The van der Waals surface area contributed by atoms with Crippen LogP contribution in [0.3, 0.4) is 0 Å². The van der Waals surface area contributed by atoms with E-state index < -0.39 is 17.5 Å². The summed E-state index contributed by atoms with van der Waals surface area (Å²) in [4.78, 5) is 34.6. The zero-order chi connectivity index (χ0) is 12.9. The van der Waals surface area contributed by atoms with E-state index in [9.17, 15) is 14.4 Å². The summed E-state index contributed by atoms with van der Waals surface area (Å²) in [6, 6.07) is 4.55. The number of nitrogens with two attached hydrogens (primary N) is 1. The van der Waals surface area contributed by atoms with E-state index in [4.69, 9.17) is 5.73 Å². The lowest BCUT2D eigenvalue weighted by atomic mass is 9.91. The molecule has 0 saturated carbocycles. The second-order valence-corrected chi connectivity index (χ2v) is 4.51. The molecular formula is C12H11N3O3.